The molecular weight excluding hydrogens is 278 g/mol. The average Bonchev–Trinajstić information content (AvgIpc) is 2.46. The fourth-order valence-electron chi connectivity index (χ4n) is 2.72. The third kappa shape index (κ3) is 3.14. The van der Waals surface area contributed by atoms with Gasteiger partial charge in [-0.2, -0.15) is 10.2 Å². The maximum atomic E-state index is 12.1. The van der Waals surface area contributed by atoms with Crippen LogP contribution in [0.1, 0.15) is 35.8 Å². The molecule has 0 saturated heterocycles. The lowest BCUT2D eigenvalue weighted by Crippen LogP contribution is -2.53. The Morgan fingerprint density at radius 3 is 2.41 bits per heavy atom. The van der Waals surface area contributed by atoms with E-state index in [0.717, 1.165) is 17.0 Å². The van der Waals surface area contributed by atoms with Crippen LogP contribution in [0, 0.1) is 6.92 Å². The summed E-state index contributed by atoms with van der Waals surface area (Å²) in [4.78, 5) is 12.1. The summed E-state index contributed by atoms with van der Waals surface area (Å²) in [5, 5.41) is 20.8. The van der Waals surface area contributed by atoms with E-state index < -0.39 is 5.60 Å². The van der Waals surface area contributed by atoms with Crippen LogP contribution in [0.15, 0.2) is 36.4 Å². The van der Waals surface area contributed by atoms with Crippen molar-refractivity contribution in [1.29, 1.82) is 0 Å². The van der Waals surface area contributed by atoms with Crippen LogP contribution in [0.25, 0.3) is 11.3 Å². The third-order valence-corrected chi connectivity index (χ3v) is 3.95. The zero-order valence-corrected chi connectivity index (χ0v) is 12.7. The summed E-state index contributed by atoms with van der Waals surface area (Å²) in [5.74, 6) is -0.109. The van der Waals surface area contributed by atoms with Gasteiger partial charge in [0.05, 0.1) is 17.0 Å². The van der Waals surface area contributed by atoms with E-state index in [1.807, 2.05) is 31.2 Å². The molecule has 0 aliphatic heterocycles. The number of rotatable bonds is 3. The van der Waals surface area contributed by atoms with Gasteiger partial charge in [-0.15, -0.1) is 0 Å². The van der Waals surface area contributed by atoms with Gasteiger partial charge in [-0.25, -0.2) is 0 Å². The van der Waals surface area contributed by atoms with Gasteiger partial charge in [-0.05, 0) is 51.0 Å². The van der Waals surface area contributed by atoms with E-state index in [9.17, 15) is 9.90 Å². The molecule has 5 nitrogen and oxygen atoms in total. The number of aryl methyl sites for hydroxylation is 1. The van der Waals surface area contributed by atoms with Gasteiger partial charge < -0.3 is 10.4 Å². The van der Waals surface area contributed by atoms with Gasteiger partial charge in [0.25, 0.3) is 5.91 Å². The van der Waals surface area contributed by atoms with Gasteiger partial charge in [0.2, 0.25) is 0 Å². The zero-order chi connectivity index (χ0) is 15.7. The maximum absolute atomic E-state index is 12.1. The van der Waals surface area contributed by atoms with Gasteiger partial charge in [0.1, 0.15) is 0 Å². The van der Waals surface area contributed by atoms with E-state index in [2.05, 4.69) is 15.5 Å². The molecule has 0 atom stereocenters. The van der Waals surface area contributed by atoms with Crippen LogP contribution in [-0.2, 0) is 0 Å². The number of nitrogens with one attached hydrogen (secondary N) is 1. The number of carbonyl (C=O) groups excluding carboxylic acids is 1. The van der Waals surface area contributed by atoms with Crippen molar-refractivity contribution in [3.8, 4) is 11.3 Å². The second kappa shape index (κ2) is 5.50. The van der Waals surface area contributed by atoms with Gasteiger partial charge in [-0.1, -0.05) is 12.1 Å². The summed E-state index contributed by atoms with van der Waals surface area (Å²) in [6, 6.07) is 11.2. The second-order valence-electron chi connectivity index (χ2n) is 6.21. The number of nitrogens with zero attached hydrogens (tertiary/aromatic N) is 2. The minimum absolute atomic E-state index is 0.0603. The predicted molar refractivity (Wildman–Crippen MR) is 83.3 cm³/mol. The molecule has 1 heterocycles. The van der Waals surface area contributed by atoms with E-state index in [1.54, 1.807) is 19.1 Å². The van der Waals surface area contributed by atoms with Crippen molar-refractivity contribution in [3.63, 3.8) is 0 Å². The van der Waals surface area contributed by atoms with Gasteiger partial charge in [-0.3, -0.25) is 4.79 Å². The normalized spacial score (nSPS) is 23.7. The first-order chi connectivity index (χ1) is 10.4. The Hall–Kier alpha value is -2.27. The topological polar surface area (TPSA) is 75.1 Å². The molecule has 1 aliphatic carbocycles. The molecule has 2 aromatic rings. The van der Waals surface area contributed by atoms with Crippen LogP contribution in [0.4, 0.5) is 0 Å². The number of hydrogen-bond acceptors (Lipinski definition) is 4. The molecular formula is C17H19N3O2. The summed E-state index contributed by atoms with van der Waals surface area (Å²) in [6.07, 6.45) is 1.21. The molecule has 22 heavy (non-hydrogen) atoms. The molecule has 1 amide bonds. The SMILES string of the molecule is Cc1ccc(-c2ccc(C(=O)NC3CC(C)(O)C3)cc2)nn1. The molecule has 1 saturated carbocycles. The molecule has 2 N–H and O–H groups in total. The Labute approximate surface area is 129 Å². The van der Waals surface area contributed by atoms with Crippen molar-refractivity contribution >= 4 is 5.91 Å². The quantitative estimate of drug-likeness (QED) is 0.909. The van der Waals surface area contributed by atoms with Crippen LogP contribution in [0.3, 0.4) is 0 Å². The summed E-state index contributed by atoms with van der Waals surface area (Å²) in [6.45, 7) is 3.68. The maximum Gasteiger partial charge on any atom is 0.251 e. The van der Waals surface area contributed by atoms with Crippen molar-refractivity contribution in [2.24, 2.45) is 0 Å². The highest BCUT2D eigenvalue weighted by Gasteiger charge is 2.39. The Kier molecular flexibility index (Phi) is 3.66. The predicted octanol–water partition coefficient (Wildman–Crippen LogP) is 2.10. The minimum atomic E-state index is -0.633. The van der Waals surface area contributed by atoms with Crippen LogP contribution in [0.2, 0.25) is 0 Å². The summed E-state index contributed by atoms with van der Waals surface area (Å²) in [5.41, 5.74) is 2.56. The van der Waals surface area contributed by atoms with Crippen molar-refractivity contribution < 1.29 is 9.90 Å². The highest BCUT2D eigenvalue weighted by molar-refractivity contribution is 5.94. The first kappa shape index (κ1) is 14.7. The number of hydrogen-bond donors (Lipinski definition) is 2. The molecule has 0 spiro atoms. The van der Waals surface area contributed by atoms with Crippen molar-refractivity contribution in [2.75, 3.05) is 0 Å². The molecule has 0 unspecified atom stereocenters. The van der Waals surface area contributed by atoms with Crippen LogP contribution in [0.5, 0.6) is 0 Å². The largest absolute Gasteiger partial charge is 0.390 e. The Bertz CT molecular complexity index is 670. The number of benzene rings is 1. The van der Waals surface area contributed by atoms with Crippen LogP contribution < -0.4 is 5.32 Å². The summed E-state index contributed by atoms with van der Waals surface area (Å²) < 4.78 is 0. The molecule has 1 aromatic heterocycles. The minimum Gasteiger partial charge on any atom is -0.390 e. The van der Waals surface area contributed by atoms with Gasteiger partial charge in [0, 0.05) is 17.2 Å². The fraction of sp³-hybridized carbons (Fsp3) is 0.353. The lowest BCUT2D eigenvalue weighted by molar-refractivity contribution is -0.0366. The van der Waals surface area contributed by atoms with E-state index in [1.165, 1.54) is 0 Å². The standard InChI is InChI=1S/C17H19N3O2/c1-11-3-8-15(20-19-11)12-4-6-13(7-5-12)16(21)18-14-9-17(2,22)10-14/h3-8,14,22H,9-10H2,1-2H3,(H,18,21). The van der Waals surface area contributed by atoms with E-state index >= 15 is 0 Å². The molecule has 1 aliphatic rings. The highest BCUT2D eigenvalue weighted by Crippen LogP contribution is 2.31. The molecule has 5 heteroatoms. The average molecular weight is 297 g/mol. The lowest BCUT2D eigenvalue weighted by atomic mass is 9.77. The first-order valence-corrected chi connectivity index (χ1v) is 7.37. The molecule has 1 aromatic carbocycles. The number of amides is 1. The van der Waals surface area contributed by atoms with Crippen molar-refractivity contribution in [3.05, 3.63) is 47.7 Å². The summed E-state index contributed by atoms with van der Waals surface area (Å²) in [7, 11) is 0. The third-order valence-electron chi connectivity index (χ3n) is 3.95. The summed E-state index contributed by atoms with van der Waals surface area (Å²) >= 11 is 0. The van der Waals surface area contributed by atoms with Crippen LogP contribution in [-0.4, -0.2) is 32.9 Å². The highest BCUT2D eigenvalue weighted by atomic mass is 16.3. The Morgan fingerprint density at radius 2 is 1.86 bits per heavy atom. The zero-order valence-electron chi connectivity index (χ0n) is 12.7. The monoisotopic (exact) mass is 297 g/mol. The lowest BCUT2D eigenvalue weighted by Gasteiger charge is -2.41. The molecule has 1 fully saturated rings. The van der Waals surface area contributed by atoms with E-state index in [-0.39, 0.29) is 11.9 Å². The second-order valence-corrected chi connectivity index (χ2v) is 6.21. The van der Waals surface area contributed by atoms with E-state index in [0.29, 0.717) is 18.4 Å². The fourth-order valence-corrected chi connectivity index (χ4v) is 2.72. The number of aliphatic hydroxyl groups is 1. The molecule has 0 radical (unpaired) electrons. The number of aromatic nitrogens is 2. The Morgan fingerprint density at radius 1 is 1.18 bits per heavy atom. The molecule has 114 valence electrons. The van der Waals surface area contributed by atoms with Crippen LogP contribution >= 0.6 is 0 Å². The number of carbonyl (C=O) groups is 1. The molecule has 0 bridgehead atoms. The first-order valence-electron chi connectivity index (χ1n) is 7.37. The van der Waals surface area contributed by atoms with Gasteiger partial charge in [0.15, 0.2) is 0 Å². The van der Waals surface area contributed by atoms with Gasteiger partial charge >= 0.3 is 0 Å². The molecule has 3 rings (SSSR count). The Balaban J connectivity index is 1.66. The van der Waals surface area contributed by atoms with Crippen molar-refractivity contribution in [1.82, 2.24) is 15.5 Å². The van der Waals surface area contributed by atoms with Crippen molar-refractivity contribution in [2.45, 2.75) is 38.3 Å². The smallest absolute Gasteiger partial charge is 0.251 e. The van der Waals surface area contributed by atoms with E-state index in [4.69, 9.17) is 0 Å².